The highest BCUT2D eigenvalue weighted by atomic mass is 32.2. The van der Waals surface area contributed by atoms with E-state index in [1.54, 1.807) is 0 Å². The minimum absolute atomic E-state index is 0.0122. The molecule has 0 spiro atoms. The lowest BCUT2D eigenvalue weighted by atomic mass is 10.2. The van der Waals surface area contributed by atoms with Gasteiger partial charge in [0.05, 0.1) is 21.3 Å². The van der Waals surface area contributed by atoms with Crippen molar-refractivity contribution in [3.63, 3.8) is 0 Å². The number of hydrogen-bond donors (Lipinski definition) is 0. The van der Waals surface area contributed by atoms with Crippen LogP contribution in [0.4, 0.5) is 5.69 Å². The lowest BCUT2D eigenvalue weighted by molar-refractivity contribution is -0.385. The Morgan fingerprint density at radius 1 is 1.38 bits per heavy atom. The maximum atomic E-state index is 12.9. The zero-order valence-electron chi connectivity index (χ0n) is 13.5. The van der Waals surface area contributed by atoms with Crippen LogP contribution in [0.3, 0.4) is 0 Å². The van der Waals surface area contributed by atoms with Crippen LogP contribution < -0.4 is 0 Å². The van der Waals surface area contributed by atoms with Crippen LogP contribution >= 0.6 is 0 Å². The van der Waals surface area contributed by atoms with E-state index in [4.69, 9.17) is 0 Å². The van der Waals surface area contributed by atoms with Gasteiger partial charge in [0.15, 0.2) is 9.84 Å². The second-order valence-electron chi connectivity index (χ2n) is 6.28. The Morgan fingerprint density at radius 2 is 2.04 bits per heavy atom. The second-order valence-corrected chi connectivity index (χ2v) is 10.4. The van der Waals surface area contributed by atoms with Gasteiger partial charge in [-0.3, -0.25) is 10.1 Å². The van der Waals surface area contributed by atoms with Gasteiger partial charge in [-0.1, -0.05) is 19.9 Å². The first kappa shape index (κ1) is 18.8. The molecule has 1 unspecified atom stereocenters. The summed E-state index contributed by atoms with van der Waals surface area (Å²) in [6.07, 6.45) is 0.239. The van der Waals surface area contributed by atoms with E-state index in [1.807, 2.05) is 13.8 Å². The molecule has 1 saturated heterocycles. The molecule has 2 rings (SSSR count). The molecule has 0 aromatic heterocycles. The highest BCUT2D eigenvalue weighted by Crippen LogP contribution is 2.27. The molecule has 0 amide bonds. The summed E-state index contributed by atoms with van der Waals surface area (Å²) >= 11 is 0. The monoisotopic (exact) mass is 376 g/mol. The van der Waals surface area contributed by atoms with Crippen LogP contribution in [0.25, 0.3) is 0 Å². The van der Waals surface area contributed by atoms with Crippen LogP contribution in [-0.2, 0) is 19.9 Å². The minimum atomic E-state index is -4.02. The molecule has 1 aliphatic rings. The average molecular weight is 376 g/mol. The van der Waals surface area contributed by atoms with Crippen LogP contribution in [0.15, 0.2) is 29.2 Å². The quantitative estimate of drug-likeness (QED) is 0.548. The minimum Gasteiger partial charge on any atom is -0.258 e. The van der Waals surface area contributed by atoms with Crippen molar-refractivity contribution < 1.29 is 21.8 Å². The fourth-order valence-electron chi connectivity index (χ4n) is 2.70. The fraction of sp³-hybridized carbons (Fsp3) is 0.571. The second kappa shape index (κ2) is 6.77. The van der Waals surface area contributed by atoms with Crippen LogP contribution in [0.2, 0.25) is 0 Å². The molecule has 134 valence electrons. The third-order valence-electron chi connectivity index (χ3n) is 3.80. The van der Waals surface area contributed by atoms with E-state index in [-0.39, 0.29) is 41.0 Å². The van der Waals surface area contributed by atoms with Crippen molar-refractivity contribution in [2.24, 2.45) is 5.92 Å². The molecule has 1 atom stereocenters. The first-order valence-corrected chi connectivity index (χ1v) is 10.8. The van der Waals surface area contributed by atoms with Gasteiger partial charge in [-0.15, -0.1) is 0 Å². The smallest absolute Gasteiger partial charge is 0.258 e. The van der Waals surface area contributed by atoms with Gasteiger partial charge in [-0.2, -0.15) is 4.31 Å². The Labute approximate surface area is 141 Å². The SMILES string of the molecule is CC(C)CN(C1CCS(=O)(=O)C1)S(=O)(=O)c1cccc([N+](=O)[O-])c1. The topological polar surface area (TPSA) is 115 Å². The molecule has 1 heterocycles. The van der Waals surface area contributed by atoms with Crippen LogP contribution in [0.5, 0.6) is 0 Å². The molecule has 10 heteroatoms. The Kier molecular flexibility index (Phi) is 5.31. The van der Waals surface area contributed by atoms with E-state index in [0.29, 0.717) is 0 Å². The third kappa shape index (κ3) is 4.11. The molecule has 0 N–H and O–H groups in total. The first-order chi connectivity index (χ1) is 11.0. The Morgan fingerprint density at radius 3 is 2.54 bits per heavy atom. The number of nitro benzene ring substituents is 1. The number of sulfone groups is 1. The summed E-state index contributed by atoms with van der Waals surface area (Å²) in [5.74, 6) is -0.272. The molecular formula is C14H20N2O6S2. The van der Waals surface area contributed by atoms with E-state index in [2.05, 4.69) is 0 Å². The average Bonchev–Trinajstić information content (AvgIpc) is 2.84. The largest absolute Gasteiger partial charge is 0.270 e. The predicted octanol–water partition coefficient (Wildman–Crippen LogP) is 1.43. The molecule has 24 heavy (non-hydrogen) atoms. The van der Waals surface area contributed by atoms with Gasteiger partial charge in [0.2, 0.25) is 10.0 Å². The Bertz CT molecular complexity index is 833. The van der Waals surface area contributed by atoms with Crippen molar-refractivity contribution in [3.05, 3.63) is 34.4 Å². The number of sulfonamides is 1. The van der Waals surface area contributed by atoms with Crippen molar-refractivity contribution >= 4 is 25.5 Å². The van der Waals surface area contributed by atoms with Gasteiger partial charge < -0.3 is 0 Å². The number of nitrogens with zero attached hydrogens (tertiary/aromatic N) is 2. The van der Waals surface area contributed by atoms with Gasteiger partial charge in [0.25, 0.3) is 5.69 Å². The van der Waals surface area contributed by atoms with Gasteiger partial charge in [0.1, 0.15) is 0 Å². The molecule has 1 aromatic rings. The number of hydrogen-bond acceptors (Lipinski definition) is 6. The zero-order chi connectivity index (χ0) is 18.1. The molecule has 0 radical (unpaired) electrons. The van der Waals surface area contributed by atoms with Crippen LogP contribution in [-0.4, -0.2) is 50.2 Å². The maximum Gasteiger partial charge on any atom is 0.270 e. The highest BCUT2D eigenvalue weighted by Gasteiger charge is 2.39. The normalized spacial score (nSPS) is 20.6. The molecule has 0 bridgehead atoms. The standard InChI is InChI=1S/C14H20N2O6S2/c1-11(2)9-15(13-6-7-23(19,20)10-13)24(21,22)14-5-3-4-12(8-14)16(17)18/h3-5,8,11,13H,6-7,9-10H2,1-2H3. The first-order valence-electron chi connectivity index (χ1n) is 7.49. The highest BCUT2D eigenvalue weighted by molar-refractivity contribution is 7.92. The molecule has 0 saturated carbocycles. The molecule has 1 aromatic carbocycles. The lowest BCUT2D eigenvalue weighted by Crippen LogP contribution is -2.43. The molecule has 0 aliphatic carbocycles. The van der Waals surface area contributed by atoms with Crippen LogP contribution in [0, 0.1) is 16.0 Å². The number of non-ortho nitro benzene ring substituents is 1. The van der Waals surface area contributed by atoms with E-state index >= 15 is 0 Å². The van der Waals surface area contributed by atoms with Gasteiger partial charge in [-0.05, 0) is 18.4 Å². The summed E-state index contributed by atoms with van der Waals surface area (Å²) in [5, 5.41) is 10.9. The van der Waals surface area contributed by atoms with Crippen molar-refractivity contribution in [3.8, 4) is 0 Å². The summed E-state index contributed by atoms with van der Waals surface area (Å²) in [4.78, 5) is 10.0. The number of nitro groups is 1. The summed E-state index contributed by atoms with van der Waals surface area (Å²) in [6, 6.07) is 4.18. The fourth-order valence-corrected chi connectivity index (χ4v) is 6.38. The van der Waals surface area contributed by atoms with Gasteiger partial charge >= 0.3 is 0 Å². The van der Waals surface area contributed by atoms with E-state index in [1.165, 1.54) is 22.5 Å². The summed E-state index contributed by atoms with van der Waals surface area (Å²) in [7, 11) is -7.28. The summed E-state index contributed by atoms with van der Waals surface area (Å²) < 4.78 is 50.5. The van der Waals surface area contributed by atoms with E-state index in [0.717, 1.165) is 6.07 Å². The van der Waals surface area contributed by atoms with E-state index in [9.17, 15) is 26.9 Å². The van der Waals surface area contributed by atoms with Gasteiger partial charge in [-0.25, -0.2) is 16.8 Å². The molecule has 8 nitrogen and oxygen atoms in total. The van der Waals surface area contributed by atoms with Crippen molar-refractivity contribution in [2.75, 3.05) is 18.1 Å². The summed E-state index contributed by atoms with van der Waals surface area (Å²) in [6.45, 7) is 3.82. The van der Waals surface area contributed by atoms with Crippen molar-refractivity contribution in [1.82, 2.24) is 4.31 Å². The Balaban J connectivity index is 2.44. The lowest BCUT2D eigenvalue weighted by Gasteiger charge is -2.28. The maximum absolute atomic E-state index is 12.9. The van der Waals surface area contributed by atoms with Gasteiger partial charge in [0, 0.05) is 24.7 Å². The molecule has 1 fully saturated rings. The zero-order valence-corrected chi connectivity index (χ0v) is 15.1. The summed E-state index contributed by atoms with van der Waals surface area (Å²) in [5.41, 5.74) is -0.320. The third-order valence-corrected chi connectivity index (χ3v) is 7.46. The molecular weight excluding hydrogens is 356 g/mol. The number of rotatable bonds is 6. The molecule has 1 aliphatic heterocycles. The Hall–Kier alpha value is -1.52. The number of benzene rings is 1. The predicted molar refractivity (Wildman–Crippen MR) is 88.9 cm³/mol. The van der Waals surface area contributed by atoms with E-state index < -0.39 is 30.8 Å². The van der Waals surface area contributed by atoms with Crippen molar-refractivity contribution in [2.45, 2.75) is 31.2 Å². The van der Waals surface area contributed by atoms with Crippen LogP contribution in [0.1, 0.15) is 20.3 Å². The van der Waals surface area contributed by atoms with Crippen molar-refractivity contribution in [1.29, 1.82) is 0 Å².